The van der Waals surface area contributed by atoms with Crippen molar-refractivity contribution in [3.05, 3.63) is 82.9 Å². The van der Waals surface area contributed by atoms with Gasteiger partial charge in [0.15, 0.2) is 0 Å². The molecule has 9 heteroatoms. The zero-order valence-corrected chi connectivity index (χ0v) is 19.1. The first-order chi connectivity index (χ1) is 15.8. The fourth-order valence-electron chi connectivity index (χ4n) is 3.82. The number of amides is 1. The van der Waals surface area contributed by atoms with E-state index in [1.165, 1.54) is 22.5 Å². The van der Waals surface area contributed by atoms with Gasteiger partial charge in [-0.15, -0.1) is 0 Å². The lowest BCUT2D eigenvalue weighted by Gasteiger charge is -2.26. The second kappa shape index (κ2) is 9.59. The highest BCUT2D eigenvalue weighted by atomic mass is 35.5. The van der Waals surface area contributed by atoms with Gasteiger partial charge >= 0.3 is 0 Å². The monoisotopic (exact) mass is 490 g/mol. The molecule has 0 unspecified atom stereocenters. The number of benzene rings is 3. The van der Waals surface area contributed by atoms with E-state index in [2.05, 4.69) is 5.32 Å². The van der Waals surface area contributed by atoms with Gasteiger partial charge in [-0.25, -0.2) is 17.2 Å². The van der Waals surface area contributed by atoms with Crippen LogP contribution in [0.1, 0.15) is 29.6 Å². The molecule has 3 aromatic carbocycles. The lowest BCUT2D eigenvalue weighted by Crippen LogP contribution is -2.35. The molecule has 1 saturated heterocycles. The van der Waals surface area contributed by atoms with Gasteiger partial charge in [0, 0.05) is 30.3 Å². The standard InChI is InChI=1S/C24H21ClF2N2O3S/c25-20-10-9-17(13-22(20)33(31,32)29-11-5-2-6-12-29)24(30)28-23-19(14-18(26)15-21(23)27)16-7-3-1-4-8-16/h1,3-4,7-10,13-15H,2,5-6,11-12H2,(H,28,30). The van der Waals surface area contributed by atoms with Crippen LogP contribution in [0.5, 0.6) is 0 Å². The van der Waals surface area contributed by atoms with E-state index in [1.807, 2.05) is 0 Å². The van der Waals surface area contributed by atoms with Crippen LogP contribution in [0.4, 0.5) is 14.5 Å². The van der Waals surface area contributed by atoms with Crippen LogP contribution in [-0.2, 0) is 10.0 Å². The molecule has 1 amide bonds. The Hall–Kier alpha value is -2.81. The van der Waals surface area contributed by atoms with Gasteiger partial charge in [0.2, 0.25) is 10.0 Å². The Balaban J connectivity index is 1.69. The van der Waals surface area contributed by atoms with Crippen molar-refractivity contribution in [3.63, 3.8) is 0 Å². The molecule has 0 aliphatic carbocycles. The highest BCUT2D eigenvalue weighted by Gasteiger charge is 2.29. The first-order valence-corrected chi connectivity index (χ1v) is 12.2. The van der Waals surface area contributed by atoms with E-state index in [4.69, 9.17) is 11.6 Å². The zero-order valence-electron chi connectivity index (χ0n) is 17.5. The van der Waals surface area contributed by atoms with E-state index >= 15 is 0 Å². The minimum Gasteiger partial charge on any atom is -0.319 e. The van der Waals surface area contributed by atoms with Crippen LogP contribution in [0.15, 0.2) is 65.6 Å². The largest absolute Gasteiger partial charge is 0.319 e. The van der Waals surface area contributed by atoms with Crippen molar-refractivity contribution in [2.45, 2.75) is 24.2 Å². The molecule has 172 valence electrons. The summed E-state index contributed by atoms with van der Waals surface area (Å²) in [6.45, 7) is 0.770. The van der Waals surface area contributed by atoms with E-state index in [1.54, 1.807) is 30.3 Å². The Labute approximate surface area is 196 Å². The van der Waals surface area contributed by atoms with Crippen molar-refractivity contribution in [3.8, 4) is 11.1 Å². The Kier molecular flexibility index (Phi) is 6.78. The predicted octanol–water partition coefficient (Wildman–Crippen LogP) is 5.71. The quantitative estimate of drug-likeness (QED) is 0.498. The van der Waals surface area contributed by atoms with E-state index in [-0.39, 0.29) is 26.7 Å². The fraction of sp³-hybridized carbons (Fsp3) is 0.208. The third kappa shape index (κ3) is 4.93. The van der Waals surface area contributed by atoms with Gasteiger partial charge in [-0.05, 0) is 42.7 Å². The summed E-state index contributed by atoms with van der Waals surface area (Å²) >= 11 is 6.17. The van der Waals surface area contributed by atoms with Crippen molar-refractivity contribution in [2.75, 3.05) is 18.4 Å². The molecule has 0 aromatic heterocycles. The summed E-state index contributed by atoms with van der Waals surface area (Å²) in [5, 5.41) is 2.46. The molecule has 5 nitrogen and oxygen atoms in total. The number of anilines is 1. The Morgan fingerprint density at radius 1 is 0.939 bits per heavy atom. The van der Waals surface area contributed by atoms with Crippen molar-refractivity contribution in [2.24, 2.45) is 0 Å². The van der Waals surface area contributed by atoms with Gasteiger partial charge in [0.05, 0.1) is 10.7 Å². The molecule has 1 aliphatic heterocycles. The molecule has 1 aliphatic rings. The van der Waals surface area contributed by atoms with Crippen LogP contribution in [0.2, 0.25) is 5.02 Å². The van der Waals surface area contributed by atoms with E-state index < -0.39 is 27.6 Å². The van der Waals surface area contributed by atoms with Gasteiger partial charge in [-0.1, -0.05) is 48.4 Å². The molecule has 0 radical (unpaired) electrons. The number of nitrogens with zero attached hydrogens (tertiary/aromatic N) is 1. The fourth-order valence-corrected chi connectivity index (χ4v) is 5.84. The number of sulfonamides is 1. The second-order valence-electron chi connectivity index (χ2n) is 7.74. The zero-order chi connectivity index (χ0) is 23.6. The number of rotatable bonds is 5. The number of hydrogen-bond acceptors (Lipinski definition) is 3. The topological polar surface area (TPSA) is 66.5 Å². The molecule has 0 bridgehead atoms. The molecule has 1 N–H and O–H groups in total. The van der Waals surface area contributed by atoms with Crippen LogP contribution in [0.3, 0.4) is 0 Å². The summed E-state index contributed by atoms with van der Waals surface area (Å²) in [4.78, 5) is 12.8. The molecule has 3 aromatic rings. The smallest absolute Gasteiger partial charge is 0.255 e. The summed E-state index contributed by atoms with van der Waals surface area (Å²) in [5.41, 5.74) is 0.452. The average molecular weight is 491 g/mol. The van der Waals surface area contributed by atoms with Crippen molar-refractivity contribution < 1.29 is 22.0 Å². The molecular weight excluding hydrogens is 470 g/mol. The maximum Gasteiger partial charge on any atom is 0.255 e. The van der Waals surface area contributed by atoms with Crippen molar-refractivity contribution in [1.29, 1.82) is 0 Å². The van der Waals surface area contributed by atoms with Crippen LogP contribution in [-0.4, -0.2) is 31.7 Å². The summed E-state index contributed by atoms with van der Waals surface area (Å²) in [7, 11) is -3.89. The number of nitrogens with one attached hydrogen (secondary N) is 1. The molecular formula is C24H21ClF2N2O3S. The second-order valence-corrected chi connectivity index (χ2v) is 10.1. The first kappa shape index (κ1) is 23.4. The van der Waals surface area contributed by atoms with Gasteiger partial charge in [-0.2, -0.15) is 4.31 Å². The highest BCUT2D eigenvalue weighted by molar-refractivity contribution is 7.89. The van der Waals surface area contributed by atoms with Crippen LogP contribution in [0.25, 0.3) is 11.1 Å². The average Bonchev–Trinajstić information content (AvgIpc) is 2.82. The minimum atomic E-state index is -3.89. The summed E-state index contributed by atoms with van der Waals surface area (Å²) < 4.78 is 56.1. The molecule has 1 fully saturated rings. The SMILES string of the molecule is O=C(Nc1c(F)cc(F)cc1-c1ccccc1)c1ccc(Cl)c(S(=O)(=O)N2CCCCC2)c1. The summed E-state index contributed by atoms with van der Waals surface area (Å²) in [6.07, 6.45) is 2.46. The van der Waals surface area contributed by atoms with E-state index in [9.17, 15) is 22.0 Å². The number of carbonyl (C=O) groups is 1. The Morgan fingerprint density at radius 3 is 2.33 bits per heavy atom. The normalized spacial score (nSPS) is 14.8. The molecule has 0 spiro atoms. The molecule has 1 heterocycles. The van der Waals surface area contributed by atoms with Crippen LogP contribution >= 0.6 is 11.6 Å². The minimum absolute atomic E-state index is 0.00457. The van der Waals surface area contributed by atoms with Crippen molar-refractivity contribution in [1.82, 2.24) is 4.31 Å². The Morgan fingerprint density at radius 2 is 1.64 bits per heavy atom. The molecule has 33 heavy (non-hydrogen) atoms. The number of carbonyl (C=O) groups excluding carboxylic acids is 1. The summed E-state index contributed by atoms with van der Waals surface area (Å²) in [5.74, 6) is -2.48. The highest BCUT2D eigenvalue weighted by Crippen LogP contribution is 2.33. The molecule has 0 saturated carbocycles. The van der Waals surface area contributed by atoms with E-state index in [0.717, 1.165) is 25.3 Å². The Bertz CT molecular complexity index is 1290. The maximum atomic E-state index is 14.7. The van der Waals surface area contributed by atoms with Crippen LogP contribution < -0.4 is 5.32 Å². The van der Waals surface area contributed by atoms with Gasteiger partial charge in [-0.3, -0.25) is 4.79 Å². The maximum absolute atomic E-state index is 14.7. The summed E-state index contributed by atoms with van der Waals surface area (Å²) in [6, 6.07) is 14.2. The van der Waals surface area contributed by atoms with E-state index in [0.29, 0.717) is 24.7 Å². The predicted molar refractivity (Wildman–Crippen MR) is 124 cm³/mol. The lowest BCUT2D eigenvalue weighted by atomic mass is 10.0. The number of halogens is 3. The molecule has 0 atom stereocenters. The van der Waals surface area contributed by atoms with Crippen LogP contribution in [0, 0.1) is 11.6 Å². The third-order valence-electron chi connectivity index (χ3n) is 5.50. The third-order valence-corrected chi connectivity index (χ3v) is 7.88. The first-order valence-electron chi connectivity index (χ1n) is 10.4. The lowest BCUT2D eigenvalue weighted by molar-refractivity contribution is 0.102. The van der Waals surface area contributed by atoms with Gasteiger partial charge in [0.25, 0.3) is 5.91 Å². The molecule has 4 rings (SSSR count). The number of hydrogen-bond donors (Lipinski definition) is 1. The number of piperidine rings is 1. The van der Waals surface area contributed by atoms with Gasteiger partial charge < -0.3 is 5.32 Å². The van der Waals surface area contributed by atoms with Crippen molar-refractivity contribution >= 4 is 33.2 Å². The van der Waals surface area contributed by atoms with Gasteiger partial charge in [0.1, 0.15) is 16.5 Å².